The molecular weight excluding hydrogens is 210 g/mol. The summed E-state index contributed by atoms with van der Waals surface area (Å²) in [5, 5.41) is 4.43. The summed E-state index contributed by atoms with van der Waals surface area (Å²) in [7, 11) is -2.97. The van der Waals surface area contributed by atoms with Crippen LogP contribution in [-0.2, 0) is 9.84 Å². The van der Waals surface area contributed by atoms with E-state index in [0.29, 0.717) is 0 Å². The molecule has 3 nitrogen and oxygen atoms in total. The third-order valence-corrected chi connectivity index (χ3v) is 3.73. The molecule has 1 aliphatic rings. The van der Waals surface area contributed by atoms with E-state index in [1.807, 2.05) is 31.2 Å². The van der Waals surface area contributed by atoms with Crippen LogP contribution in [0.2, 0.25) is 0 Å². The minimum absolute atomic E-state index is 0.0993. The molecule has 1 aromatic carbocycles. The molecule has 0 bridgehead atoms. The molecule has 2 rings (SSSR count). The van der Waals surface area contributed by atoms with Crippen molar-refractivity contribution in [3.8, 4) is 0 Å². The number of rotatable bonds is 2. The summed E-state index contributed by atoms with van der Waals surface area (Å²) < 4.78 is 22.3. The minimum Gasteiger partial charge on any atom is -0.378 e. The van der Waals surface area contributed by atoms with Gasteiger partial charge in [-0.3, -0.25) is 0 Å². The number of sulfone groups is 1. The number of benzene rings is 1. The summed E-state index contributed by atoms with van der Waals surface area (Å²) >= 11 is 0. The Hall–Kier alpha value is -1.29. The number of nitrogens with one attached hydrogen (secondary N) is 1. The van der Waals surface area contributed by atoms with Gasteiger partial charge >= 0.3 is 0 Å². The smallest absolute Gasteiger partial charge is 0.173 e. The zero-order chi connectivity index (χ0) is 10.9. The van der Waals surface area contributed by atoms with Gasteiger partial charge in [0, 0.05) is 11.1 Å². The SMILES string of the molecule is Cc1ccc(N[C@H]2C=CS(=O)(=O)C2)cc1. The Bertz CT molecular complexity index is 474. The van der Waals surface area contributed by atoms with Gasteiger partial charge in [0.15, 0.2) is 9.84 Å². The minimum atomic E-state index is -2.97. The van der Waals surface area contributed by atoms with Gasteiger partial charge in [-0.05, 0) is 19.1 Å². The second-order valence-electron chi connectivity index (χ2n) is 3.77. The van der Waals surface area contributed by atoms with Crippen LogP contribution in [0.25, 0.3) is 0 Å². The maximum absolute atomic E-state index is 11.2. The second-order valence-corrected chi connectivity index (χ2v) is 5.71. The van der Waals surface area contributed by atoms with Crippen LogP contribution in [0, 0.1) is 6.92 Å². The van der Waals surface area contributed by atoms with Crippen molar-refractivity contribution < 1.29 is 8.42 Å². The molecule has 1 aromatic rings. The summed E-state index contributed by atoms with van der Waals surface area (Å²) in [6.45, 7) is 2.02. The Balaban J connectivity index is 2.05. The van der Waals surface area contributed by atoms with Gasteiger partial charge in [-0.15, -0.1) is 0 Å². The lowest BCUT2D eigenvalue weighted by molar-refractivity contribution is 0.605. The van der Waals surface area contributed by atoms with Gasteiger partial charge in [0.25, 0.3) is 0 Å². The van der Waals surface area contributed by atoms with E-state index in [0.717, 1.165) is 5.69 Å². The molecule has 1 aliphatic heterocycles. The molecule has 0 unspecified atom stereocenters. The van der Waals surface area contributed by atoms with Gasteiger partial charge in [-0.2, -0.15) is 0 Å². The van der Waals surface area contributed by atoms with E-state index < -0.39 is 9.84 Å². The van der Waals surface area contributed by atoms with Gasteiger partial charge in [-0.1, -0.05) is 23.8 Å². The molecule has 0 radical (unpaired) electrons. The lowest BCUT2D eigenvalue weighted by Gasteiger charge is -2.11. The average Bonchev–Trinajstić information content (AvgIpc) is 2.50. The van der Waals surface area contributed by atoms with E-state index in [1.54, 1.807) is 6.08 Å². The average molecular weight is 223 g/mol. The van der Waals surface area contributed by atoms with Crippen LogP contribution in [0.3, 0.4) is 0 Å². The summed E-state index contributed by atoms with van der Waals surface area (Å²) in [4.78, 5) is 0. The number of anilines is 1. The largest absolute Gasteiger partial charge is 0.378 e. The van der Waals surface area contributed by atoms with Gasteiger partial charge in [0.05, 0.1) is 11.8 Å². The van der Waals surface area contributed by atoms with Crippen molar-refractivity contribution in [2.45, 2.75) is 13.0 Å². The fourth-order valence-corrected chi connectivity index (χ4v) is 2.76. The zero-order valence-corrected chi connectivity index (χ0v) is 9.29. The molecule has 4 heteroatoms. The maximum atomic E-state index is 11.2. The van der Waals surface area contributed by atoms with Crippen LogP contribution in [0.5, 0.6) is 0 Å². The quantitative estimate of drug-likeness (QED) is 0.830. The molecule has 1 N–H and O–H groups in total. The fraction of sp³-hybridized carbons (Fsp3) is 0.273. The van der Waals surface area contributed by atoms with Crippen molar-refractivity contribution in [2.75, 3.05) is 11.1 Å². The molecule has 0 saturated heterocycles. The molecule has 0 fully saturated rings. The summed E-state index contributed by atoms with van der Waals surface area (Å²) in [5.41, 5.74) is 2.14. The van der Waals surface area contributed by atoms with Crippen molar-refractivity contribution in [3.05, 3.63) is 41.3 Å². The van der Waals surface area contributed by atoms with E-state index in [-0.39, 0.29) is 11.8 Å². The molecular formula is C11H13NO2S. The van der Waals surface area contributed by atoms with Crippen LogP contribution < -0.4 is 5.32 Å². The first kappa shape index (κ1) is 10.2. The Morgan fingerprint density at radius 2 is 1.93 bits per heavy atom. The molecule has 0 aromatic heterocycles. The zero-order valence-electron chi connectivity index (χ0n) is 8.47. The van der Waals surface area contributed by atoms with Crippen molar-refractivity contribution in [2.24, 2.45) is 0 Å². The van der Waals surface area contributed by atoms with Gasteiger partial charge in [0.2, 0.25) is 0 Å². The van der Waals surface area contributed by atoms with Crippen LogP contribution >= 0.6 is 0 Å². The van der Waals surface area contributed by atoms with Gasteiger partial charge in [-0.25, -0.2) is 8.42 Å². The van der Waals surface area contributed by atoms with Crippen LogP contribution in [0.1, 0.15) is 5.56 Å². The highest BCUT2D eigenvalue weighted by Crippen LogP contribution is 2.15. The topological polar surface area (TPSA) is 46.2 Å². The first-order valence-electron chi connectivity index (χ1n) is 4.79. The molecule has 15 heavy (non-hydrogen) atoms. The molecule has 0 amide bonds. The Kier molecular flexibility index (Phi) is 2.52. The molecule has 0 spiro atoms. The Morgan fingerprint density at radius 1 is 1.27 bits per heavy atom. The predicted molar refractivity (Wildman–Crippen MR) is 61.5 cm³/mol. The first-order chi connectivity index (χ1) is 7.05. The van der Waals surface area contributed by atoms with Crippen molar-refractivity contribution in [3.63, 3.8) is 0 Å². The van der Waals surface area contributed by atoms with Crippen molar-refractivity contribution in [1.29, 1.82) is 0 Å². The maximum Gasteiger partial charge on any atom is 0.173 e. The van der Waals surface area contributed by atoms with Gasteiger partial charge in [0.1, 0.15) is 0 Å². The summed E-state index contributed by atoms with van der Waals surface area (Å²) in [6.07, 6.45) is 1.69. The van der Waals surface area contributed by atoms with E-state index >= 15 is 0 Å². The van der Waals surface area contributed by atoms with E-state index in [4.69, 9.17) is 0 Å². The lowest BCUT2D eigenvalue weighted by Crippen LogP contribution is -2.20. The first-order valence-corrected chi connectivity index (χ1v) is 6.51. The van der Waals surface area contributed by atoms with Crippen LogP contribution in [-0.4, -0.2) is 20.2 Å². The number of aryl methyl sites for hydroxylation is 1. The molecule has 1 heterocycles. The predicted octanol–water partition coefficient (Wildman–Crippen LogP) is 1.72. The standard InChI is InChI=1S/C11H13NO2S/c1-9-2-4-10(5-3-9)12-11-6-7-15(13,14)8-11/h2-7,11-12H,8H2,1H3/t11-/m0/s1. The van der Waals surface area contributed by atoms with E-state index in [2.05, 4.69) is 5.32 Å². The Labute approximate surface area is 89.7 Å². The van der Waals surface area contributed by atoms with Crippen molar-refractivity contribution in [1.82, 2.24) is 0 Å². The third-order valence-electron chi connectivity index (χ3n) is 2.33. The van der Waals surface area contributed by atoms with Crippen LogP contribution in [0.15, 0.2) is 35.7 Å². The number of hydrogen-bond donors (Lipinski definition) is 1. The number of hydrogen-bond acceptors (Lipinski definition) is 3. The fourth-order valence-electron chi connectivity index (χ4n) is 1.53. The molecule has 0 aliphatic carbocycles. The van der Waals surface area contributed by atoms with Crippen LogP contribution in [0.4, 0.5) is 5.69 Å². The highest BCUT2D eigenvalue weighted by molar-refractivity contribution is 7.94. The third kappa shape index (κ3) is 2.59. The molecule has 1 atom stereocenters. The highest BCUT2D eigenvalue weighted by Gasteiger charge is 2.20. The summed E-state index contributed by atoms with van der Waals surface area (Å²) in [6, 6.07) is 7.80. The Morgan fingerprint density at radius 3 is 2.47 bits per heavy atom. The van der Waals surface area contributed by atoms with Gasteiger partial charge < -0.3 is 5.32 Å². The van der Waals surface area contributed by atoms with E-state index in [9.17, 15) is 8.42 Å². The molecule has 80 valence electrons. The van der Waals surface area contributed by atoms with E-state index in [1.165, 1.54) is 11.0 Å². The normalized spacial score (nSPS) is 22.9. The monoisotopic (exact) mass is 223 g/mol. The lowest BCUT2D eigenvalue weighted by atomic mass is 10.2. The highest BCUT2D eigenvalue weighted by atomic mass is 32.2. The summed E-state index contributed by atoms with van der Waals surface area (Å²) in [5.74, 6) is 0.154. The molecule has 0 saturated carbocycles. The second kappa shape index (κ2) is 3.70. The van der Waals surface area contributed by atoms with Crippen molar-refractivity contribution >= 4 is 15.5 Å².